The first kappa shape index (κ1) is 21.1. The molecule has 2 heterocycles. The van der Waals surface area contributed by atoms with Gasteiger partial charge in [-0.15, -0.1) is 0 Å². The third-order valence-electron chi connectivity index (χ3n) is 5.02. The van der Waals surface area contributed by atoms with Crippen molar-refractivity contribution in [1.82, 2.24) is 4.90 Å². The molecule has 8 heteroatoms. The number of carbonyl (C=O) groups excluding carboxylic acids is 1. The molecular formula is C21H27NO7. The Hall–Kier alpha value is -2.58. The molecule has 1 fully saturated rings. The van der Waals surface area contributed by atoms with Crippen LogP contribution in [0.1, 0.15) is 24.5 Å². The Balaban J connectivity index is 1.76. The predicted molar refractivity (Wildman–Crippen MR) is 107 cm³/mol. The summed E-state index contributed by atoms with van der Waals surface area (Å²) < 4.78 is 21.4. The minimum atomic E-state index is -0.514. The van der Waals surface area contributed by atoms with Gasteiger partial charge in [0, 0.05) is 43.1 Å². The van der Waals surface area contributed by atoms with Gasteiger partial charge in [-0.1, -0.05) is 0 Å². The van der Waals surface area contributed by atoms with Gasteiger partial charge in [-0.2, -0.15) is 0 Å². The van der Waals surface area contributed by atoms with E-state index in [1.165, 1.54) is 6.07 Å². The highest BCUT2D eigenvalue weighted by Crippen LogP contribution is 2.33. The Morgan fingerprint density at radius 2 is 2.03 bits per heavy atom. The quantitative estimate of drug-likeness (QED) is 0.526. The maximum Gasteiger partial charge on any atom is 0.339 e. The van der Waals surface area contributed by atoms with Gasteiger partial charge < -0.3 is 23.7 Å². The molecule has 0 saturated carbocycles. The first-order valence-corrected chi connectivity index (χ1v) is 9.87. The summed E-state index contributed by atoms with van der Waals surface area (Å²) in [5.41, 5.74) is 0.902. The first-order valence-electron chi connectivity index (χ1n) is 9.87. The minimum Gasteiger partial charge on any atom is -0.504 e. The van der Waals surface area contributed by atoms with E-state index < -0.39 is 5.63 Å². The zero-order chi connectivity index (χ0) is 20.8. The molecule has 0 unspecified atom stereocenters. The van der Waals surface area contributed by atoms with Gasteiger partial charge in [0.05, 0.1) is 19.8 Å². The molecule has 0 atom stereocenters. The summed E-state index contributed by atoms with van der Waals surface area (Å²) in [5, 5.41) is 10.9. The molecule has 1 aromatic carbocycles. The highest BCUT2D eigenvalue weighted by atomic mass is 16.5. The molecular weight excluding hydrogens is 378 g/mol. The van der Waals surface area contributed by atoms with Crippen molar-refractivity contribution in [2.24, 2.45) is 0 Å². The van der Waals surface area contributed by atoms with Crippen LogP contribution >= 0.6 is 0 Å². The van der Waals surface area contributed by atoms with Crippen molar-refractivity contribution in [2.45, 2.75) is 26.7 Å². The van der Waals surface area contributed by atoms with E-state index in [0.717, 1.165) is 19.6 Å². The third kappa shape index (κ3) is 5.27. The van der Waals surface area contributed by atoms with Crippen molar-refractivity contribution in [3.8, 4) is 11.5 Å². The number of fused-ring (bicyclic) bond motifs is 1. The standard InChI is InChI=1S/C21H27NO7/c1-3-27-20(24)5-4-15-14(2)16-12-19(17(23)13-18(16)29-21(15)25)28-11-8-22-6-9-26-10-7-22/h12-13,23H,3-11H2,1-2H3. The molecule has 0 amide bonds. The minimum absolute atomic E-state index is 0.0821. The lowest BCUT2D eigenvalue weighted by Gasteiger charge is -2.26. The molecule has 3 rings (SSSR count). The zero-order valence-corrected chi connectivity index (χ0v) is 16.9. The fourth-order valence-corrected chi connectivity index (χ4v) is 3.38. The number of ether oxygens (including phenoxy) is 3. The topological polar surface area (TPSA) is 98.4 Å². The van der Waals surface area contributed by atoms with Gasteiger partial charge in [0.2, 0.25) is 0 Å². The highest BCUT2D eigenvalue weighted by molar-refractivity contribution is 5.84. The fourth-order valence-electron chi connectivity index (χ4n) is 3.38. The lowest BCUT2D eigenvalue weighted by atomic mass is 10.0. The SMILES string of the molecule is CCOC(=O)CCc1c(C)c2cc(OCCN3CCOCC3)c(O)cc2oc1=O. The van der Waals surface area contributed by atoms with E-state index >= 15 is 0 Å². The number of esters is 1. The van der Waals surface area contributed by atoms with Crippen LogP contribution in [0.3, 0.4) is 0 Å². The maximum absolute atomic E-state index is 12.3. The van der Waals surface area contributed by atoms with Crippen LogP contribution in [0.2, 0.25) is 0 Å². The van der Waals surface area contributed by atoms with Crippen molar-refractivity contribution < 1.29 is 28.5 Å². The number of morpholine rings is 1. The number of benzene rings is 1. The molecule has 1 aromatic heterocycles. The van der Waals surface area contributed by atoms with Gasteiger partial charge in [0.15, 0.2) is 11.5 Å². The summed E-state index contributed by atoms with van der Waals surface area (Å²) >= 11 is 0. The number of phenolic OH excluding ortho intramolecular Hbond substituents is 1. The van der Waals surface area contributed by atoms with E-state index in [0.29, 0.717) is 48.7 Å². The monoisotopic (exact) mass is 405 g/mol. The number of phenols is 1. The molecule has 0 radical (unpaired) electrons. The molecule has 0 spiro atoms. The van der Waals surface area contributed by atoms with Gasteiger partial charge in [0.25, 0.3) is 0 Å². The molecule has 0 bridgehead atoms. The number of aromatic hydroxyl groups is 1. The molecule has 158 valence electrons. The average molecular weight is 405 g/mol. The molecule has 1 saturated heterocycles. The summed E-state index contributed by atoms with van der Waals surface area (Å²) in [6.45, 7) is 8.15. The molecule has 1 N–H and O–H groups in total. The lowest BCUT2D eigenvalue weighted by Crippen LogP contribution is -2.38. The molecule has 1 aliphatic rings. The fraction of sp³-hybridized carbons (Fsp3) is 0.524. The number of hydrogen-bond acceptors (Lipinski definition) is 8. The van der Waals surface area contributed by atoms with Gasteiger partial charge in [0.1, 0.15) is 12.2 Å². The Morgan fingerprint density at radius 1 is 1.28 bits per heavy atom. The molecule has 2 aromatic rings. The smallest absolute Gasteiger partial charge is 0.339 e. The maximum atomic E-state index is 12.3. The van der Waals surface area contributed by atoms with Crippen LogP contribution in [0, 0.1) is 6.92 Å². The summed E-state index contributed by atoms with van der Waals surface area (Å²) in [4.78, 5) is 26.2. The number of aryl methyl sites for hydroxylation is 1. The Labute approximate surface area is 169 Å². The van der Waals surface area contributed by atoms with E-state index in [1.54, 1.807) is 19.9 Å². The predicted octanol–water partition coefficient (Wildman–Crippen LogP) is 2.01. The van der Waals surface area contributed by atoms with Crippen LogP contribution in [0.25, 0.3) is 11.0 Å². The average Bonchev–Trinajstić information content (AvgIpc) is 2.70. The summed E-state index contributed by atoms with van der Waals surface area (Å²) in [5.74, 6) is -0.107. The molecule has 29 heavy (non-hydrogen) atoms. The van der Waals surface area contributed by atoms with Crippen molar-refractivity contribution in [3.63, 3.8) is 0 Å². The second-order valence-electron chi connectivity index (χ2n) is 6.92. The van der Waals surface area contributed by atoms with Crippen LogP contribution in [0.4, 0.5) is 0 Å². The summed E-state index contributed by atoms with van der Waals surface area (Å²) in [6.07, 6.45) is 0.336. The lowest BCUT2D eigenvalue weighted by molar-refractivity contribution is -0.143. The second-order valence-corrected chi connectivity index (χ2v) is 6.92. The number of nitrogens with zero attached hydrogens (tertiary/aromatic N) is 1. The molecule has 8 nitrogen and oxygen atoms in total. The summed E-state index contributed by atoms with van der Waals surface area (Å²) in [6, 6.07) is 3.07. The second kappa shape index (κ2) is 9.76. The Kier molecular flexibility index (Phi) is 7.11. The van der Waals surface area contributed by atoms with E-state index in [4.69, 9.17) is 18.6 Å². The van der Waals surface area contributed by atoms with Crippen LogP contribution in [-0.4, -0.2) is 62.0 Å². The van der Waals surface area contributed by atoms with E-state index in [-0.39, 0.29) is 30.1 Å². The molecule has 1 aliphatic heterocycles. The van der Waals surface area contributed by atoms with Crippen molar-refractivity contribution in [1.29, 1.82) is 0 Å². The van der Waals surface area contributed by atoms with E-state index in [2.05, 4.69) is 4.90 Å². The highest BCUT2D eigenvalue weighted by Gasteiger charge is 2.17. The van der Waals surface area contributed by atoms with E-state index in [9.17, 15) is 14.7 Å². The van der Waals surface area contributed by atoms with Crippen molar-refractivity contribution in [2.75, 3.05) is 46.1 Å². The van der Waals surface area contributed by atoms with Crippen LogP contribution in [0.15, 0.2) is 21.3 Å². The van der Waals surface area contributed by atoms with Crippen LogP contribution < -0.4 is 10.4 Å². The first-order chi connectivity index (χ1) is 14.0. The number of hydrogen-bond donors (Lipinski definition) is 1. The number of rotatable bonds is 8. The van der Waals surface area contributed by atoms with E-state index in [1.807, 2.05) is 0 Å². The van der Waals surface area contributed by atoms with Gasteiger partial charge in [-0.3, -0.25) is 9.69 Å². The Bertz CT molecular complexity index is 915. The van der Waals surface area contributed by atoms with Crippen LogP contribution in [-0.2, 0) is 20.7 Å². The normalized spacial score (nSPS) is 14.8. The van der Waals surface area contributed by atoms with Crippen molar-refractivity contribution >= 4 is 16.9 Å². The number of carbonyl (C=O) groups is 1. The largest absolute Gasteiger partial charge is 0.504 e. The van der Waals surface area contributed by atoms with Gasteiger partial charge >= 0.3 is 11.6 Å². The Morgan fingerprint density at radius 3 is 2.76 bits per heavy atom. The van der Waals surface area contributed by atoms with Crippen LogP contribution in [0.5, 0.6) is 11.5 Å². The third-order valence-corrected chi connectivity index (χ3v) is 5.02. The summed E-state index contributed by atoms with van der Waals surface area (Å²) in [7, 11) is 0. The molecule has 0 aliphatic carbocycles. The van der Waals surface area contributed by atoms with Crippen molar-refractivity contribution in [3.05, 3.63) is 33.7 Å². The van der Waals surface area contributed by atoms with Gasteiger partial charge in [-0.05, 0) is 31.9 Å². The van der Waals surface area contributed by atoms with Gasteiger partial charge in [-0.25, -0.2) is 4.79 Å². The zero-order valence-electron chi connectivity index (χ0n) is 16.9.